The Bertz CT molecular complexity index is 1260. The summed E-state index contributed by atoms with van der Waals surface area (Å²) < 4.78 is 28.4. The molecule has 1 saturated heterocycles. The number of nitrogens with two attached hydrogens (primary N) is 1. The minimum absolute atomic E-state index is 0.0207. The number of hydrogen-bond donors (Lipinski definition) is 5. The van der Waals surface area contributed by atoms with Crippen LogP contribution in [-0.4, -0.2) is 86.7 Å². The van der Waals surface area contributed by atoms with Gasteiger partial charge in [0.25, 0.3) is 5.91 Å². The van der Waals surface area contributed by atoms with Crippen molar-refractivity contribution in [3.8, 4) is 0 Å². The Hall–Kier alpha value is -3.00. The van der Waals surface area contributed by atoms with Gasteiger partial charge in [0.05, 0.1) is 17.5 Å². The predicted molar refractivity (Wildman–Crippen MR) is 147 cm³/mol. The van der Waals surface area contributed by atoms with Crippen molar-refractivity contribution in [1.82, 2.24) is 19.6 Å². The van der Waals surface area contributed by atoms with Crippen LogP contribution in [0.2, 0.25) is 0 Å². The molecule has 2 heterocycles. The summed E-state index contributed by atoms with van der Waals surface area (Å²) in [6, 6.07) is 5.19. The maximum Gasteiger partial charge on any atom is 0.271 e. The fourth-order valence-corrected chi connectivity index (χ4v) is 5.84. The molecular weight excluding hydrogens is 508 g/mol. The number of nitrogens with one attached hydrogen (secondary N) is 3. The molecule has 0 spiro atoms. The number of aliphatic hydroxyl groups excluding tert-OH is 1. The van der Waals surface area contributed by atoms with Crippen molar-refractivity contribution in [2.24, 2.45) is 5.73 Å². The number of sulfonamides is 1. The van der Waals surface area contributed by atoms with Crippen LogP contribution in [0.5, 0.6) is 0 Å². The van der Waals surface area contributed by atoms with E-state index in [0.717, 1.165) is 25.9 Å². The molecule has 12 nitrogen and oxygen atoms in total. The molecule has 2 aliphatic rings. The van der Waals surface area contributed by atoms with E-state index in [0.29, 0.717) is 55.2 Å². The predicted octanol–water partition coefficient (Wildman–Crippen LogP) is 1.26. The number of rotatable bonds is 9. The largest absolute Gasteiger partial charge is 0.393 e. The van der Waals surface area contributed by atoms with Gasteiger partial charge in [-0.1, -0.05) is 6.92 Å². The fourth-order valence-electron chi connectivity index (χ4n) is 4.87. The summed E-state index contributed by atoms with van der Waals surface area (Å²) in [6.07, 6.45) is 3.27. The van der Waals surface area contributed by atoms with Gasteiger partial charge < -0.3 is 31.3 Å². The van der Waals surface area contributed by atoms with E-state index in [9.17, 15) is 18.3 Å². The minimum Gasteiger partial charge on any atom is -0.393 e. The van der Waals surface area contributed by atoms with Crippen LogP contribution in [0.15, 0.2) is 23.1 Å². The van der Waals surface area contributed by atoms with Crippen molar-refractivity contribution in [2.45, 2.75) is 56.1 Å². The highest BCUT2D eigenvalue weighted by Crippen LogP contribution is 2.32. The summed E-state index contributed by atoms with van der Waals surface area (Å²) in [5.74, 6) is -0.0501. The van der Waals surface area contributed by atoms with Crippen LogP contribution in [0, 0.1) is 0 Å². The zero-order chi connectivity index (χ0) is 27.4. The molecule has 38 heavy (non-hydrogen) atoms. The molecule has 1 saturated carbocycles. The van der Waals surface area contributed by atoms with Gasteiger partial charge in [-0.05, 0) is 64.4 Å². The molecular formula is C25H38N8O4S. The smallest absolute Gasteiger partial charge is 0.271 e. The molecule has 0 bridgehead atoms. The summed E-state index contributed by atoms with van der Waals surface area (Å²) >= 11 is 0. The normalized spacial score (nSPS) is 20.8. The lowest BCUT2D eigenvalue weighted by atomic mass is 9.93. The quantitative estimate of drug-likeness (QED) is 0.309. The Labute approximate surface area is 224 Å². The number of aryl methyl sites for hydroxylation is 1. The van der Waals surface area contributed by atoms with Gasteiger partial charge in [-0.3, -0.25) is 4.79 Å². The minimum atomic E-state index is -3.78. The monoisotopic (exact) mass is 546 g/mol. The van der Waals surface area contributed by atoms with Gasteiger partial charge in [0, 0.05) is 37.9 Å². The number of aromatic nitrogens is 2. The third kappa shape index (κ3) is 6.34. The number of nitrogens with zero attached hydrogens (tertiary/aromatic N) is 4. The van der Waals surface area contributed by atoms with Crippen molar-refractivity contribution in [3.05, 3.63) is 29.6 Å². The first kappa shape index (κ1) is 28.0. The molecule has 1 aliphatic carbocycles. The van der Waals surface area contributed by atoms with Gasteiger partial charge in [0.15, 0.2) is 11.5 Å². The average Bonchev–Trinajstić information content (AvgIpc) is 2.90. The number of piperazine rings is 1. The second-order valence-corrected chi connectivity index (χ2v) is 11.7. The van der Waals surface area contributed by atoms with Crippen LogP contribution >= 0.6 is 0 Å². The Morgan fingerprint density at radius 1 is 1.11 bits per heavy atom. The molecule has 0 atom stereocenters. The number of likely N-dealkylation sites (N-methyl/N-ethyl adjacent to an activating group) is 1. The van der Waals surface area contributed by atoms with Crippen LogP contribution in [0.3, 0.4) is 0 Å². The highest BCUT2D eigenvalue weighted by atomic mass is 32.2. The van der Waals surface area contributed by atoms with E-state index in [-0.39, 0.29) is 28.6 Å². The maximum absolute atomic E-state index is 13.0. The van der Waals surface area contributed by atoms with Gasteiger partial charge in [0.2, 0.25) is 10.0 Å². The first-order valence-corrected chi connectivity index (χ1v) is 14.5. The van der Waals surface area contributed by atoms with E-state index in [1.54, 1.807) is 12.1 Å². The third-order valence-electron chi connectivity index (χ3n) is 7.20. The molecule has 0 unspecified atom stereocenters. The summed E-state index contributed by atoms with van der Waals surface area (Å²) in [7, 11) is -0.361. The zero-order valence-corrected chi connectivity index (χ0v) is 23.0. The van der Waals surface area contributed by atoms with E-state index < -0.39 is 15.9 Å². The van der Waals surface area contributed by atoms with E-state index in [1.165, 1.54) is 13.1 Å². The number of primary amides is 1. The molecule has 2 fully saturated rings. The highest BCUT2D eigenvalue weighted by molar-refractivity contribution is 7.89. The van der Waals surface area contributed by atoms with Crippen molar-refractivity contribution in [1.29, 1.82) is 0 Å². The van der Waals surface area contributed by atoms with E-state index in [1.807, 2.05) is 14.0 Å². The maximum atomic E-state index is 13.0. The summed E-state index contributed by atoms with van der Waals surface area (Å²) in [5.41, 5.74) is 7.29. The van der Waals surface area contributed by atoms with Gasteiger partial charge in [-0.2, -0.15) is 0 Å². The fraction of sp³-hybridized carbons (Fsp3) is 0.560. The van der Waals surface area contributed by atoms with Crippen molar-refractivity contribution >= 4 is 38.9 Å². The van der Waals surface area contributed by atoms with E-state index >= 15 is 0 Å². The number of carbonyl (C=O) groups excluding carboxylic acids is 1. The lowest BCUT2D eigenvalue weighted by molar-refractivity contribution is 0.0995. The molecule has 13 heteroatoms. The average molecular weight is 547 g/mol. The molecule has 4 rings (SSSR count). The number of amides is 1. The topological polar surface area (TPSA) is 166 Å². The van der Waals surface area contributed by atoms with Crippen LogP contribution in [0.1, 0.15) is 48.8 Å². The molecule has 6 N–H and O–H groups in total. The number of aliphatic hydroxyl groups is 1. The molecule has 208 valence electrons. The van der Waals surface area contributed by atoms with Crippen LogP contribution < -0.4 is 26.0 Å². The molecule has 2 aromatic rings. The Morgan fingerprint density at radius 2 is 1.79 bits per heavy atom. The Kier molecular flexibility index (Phi) is 8.71. The van der Waals surface area contributed by atoms with Gasteiger partial charge in [-0.25, -0.2) is 23.1 Å². The summed E-state index contributed by atoms with van der Waals surface area (Å²) in [5, 5.41) is 16.4. The van der Waals surface area contributed by atoms with Gasteiger partial charge in [-0.15, -0.1) is 0 Å². The third-order valence-corrected chi connectivity index (χ3v) is 8.64. The summed E-state index contributed by atoms with van der Waals surface area (Å²) in [6.45, 7) is 4.99. The van der Waals surface area contributed by atoms with Crippen molar-refractivity contribution in [2.75, 3.05) is 55.8 Å². The Morgan fingerprint density at radius 3 is 2.39 bits per heavy atom. The van der Waals surface area contributed by atoms with Crippen molar-refractivity contribution < 1.29 is 18.3 Å². The van der Waals surface area contributed by atoms with Crippen LogP contribution in [-0.2, 0) is 16.4 Å². The van der Waals surface area contributed by atoms with E-state index in [4.69, 9.17) is 5.73 Å². The second kappa shape index (κ2) is 11.8. The van der Waals surface area contributed by atoms with Crippen molar-refractivity contribution in [3.63, 3.8) is 0 Å². The first-order valence-electron chi connectivity index (χ1n) is 13.0. The summed E-state index contributed by atoms with van der Waals surface area (Å²) in [4.78, 5) is 25.9. The number of anilines is 4. The van der Waals surface area contributed by atoms with Gasteiger partial charge >= 0.3 is 0 Å². The van der Waals surface area contributed by atoms with Gasteiger partial charge in [0.1, 0.15) is 10.7 Å². The SMILES string of the molecule is CCc1nc(C(N)=O)c(Nc2ccc(N3CCN(C)CC3)c(S(=O)(=O)NC)c2)nc1NC1CCC(O)CC1. The molecule has 1 amide bonds. The van der Waals surface area contributed by atoms with Crippen LogP contribution in [0.25, 0.3) is 0 Å². The lowest BCUT2D eigenvalue weighted by Gasteiger charge is -2.35. The Balaban J connectivity index is 1.69. The zero-order valence-electron chi connectivity index (χ0n) is 22.2. The molecule has 0 radical (unpaired) electrons. The standard InChI is InChI=1S/C25H38N8O4S/c1-4-19-24(28-16-5-8-18(34)9-6-16)31-25(22(30-19)23(26)35)29-17-7-10-20(21(15-17)38(36,37)27-2)33-13-11-32(3)12-14-33/h7,10,15-16,18,27,34H,4-6,8-9,11-14H2,1-3H3,(H2,26,35)(H2,28,29,31). The number of carbonyl (C=O) groups is 1. The highest BCUT2D eigenvalue weighted by Gasteiger charge is 2.26. The molecule has 1 aliphatic heterocycles. The van der Waals surface area contributed by atoms with E-state index in [2.05, 4.69) is 35.1 Å². The molecule has 1 aromatic carbocycles. The lowest BCUT2D eigenvalue weighted by Crippen LogP contribution is -2.45. The number of hydrogen-bond acceptors (Lipinski definition) is 10. The second-order valence-electron chi connectivity index (χ2n) is 9.89. The van der Waals surface area contributed by atoms with Crippen LogP contribution in [0.4, 0.5) is 23.0 Å². The number of benzene rings is 1. The first-order chi connectivity index (χ1) is 18.1. The molecule has 1 aromatic heterocycles.